The number of thiazole rings is 1. The number of nitrogens with zero attached hydrogens (tertiary/aromatic N) is 6. The Morgan fingerprint density at radius 3 is 2.57 bits per heavy atom. The van der Waals surface area contributed by atoms with Crippen LogP contribution in [-0.4, -0.2) is 56.2 Å². The highest BCUT2D eigenvalue weighted by molar-refractivity contribution is 7.13. The van der Waals surface area contributed by atoms with Crippen LogP contribution in [0, 0.1) is 0 Å². The van der Waals surface area contributed by atoms with Crippen LogP contribution in [0.15, 0.2) is 29.6 Å². The normalized spacial score (nSPS) is 14.1. The summed E-state index contributed by atoms with van der Waals surface area (Å²) >= 11 is 1.70. The molecule has 2 N–H and O–H groups in total. The summed E-state index contributed by atoms with van der Waals surface area (Å²) in [6.45, 7) is 6.48. The van der Waals surface area contributed by atoms with E-state index in [9.17, 15) is 0 Å². The predicted molar refractivity (Wildman–Crippen MR) is 138 cm³/mol. The second kappa shape index (κ2) is 10.6. The molecule has 9 nitrogen and oxygen atoms in total. The summed E-state index contributed by atoms with van der Waals surface area (Å²) in [5.41, 5.74) is 10.6. The second-order valence-corrected chi connectivity index (χ2v) is 9.63. The van der Waals surface area contributed by atoms with E-state index in [2.05, 4.69) is 56.4 Å². The van der Waals surface area contributed by atoms with Crippen LogP contribution < -0.4 is 15.2 Å². The molecule has 4 aromatic rings. The number of rotatable bonds is 10. The second-order valence-electron chi connectivity index (χ2n) is 8.77. The number of fused-ring (bicyclic) bond motifs is 1. The number of nitrogens with two attached hydrogens (primary N) is 1. The minimum atomic E-state index is 0.260. The number of nitrogen functional groups attached to an aromatic ring is 1. The van der Waals surface area contributed by atoms with Gasteiger partial charge in [-0.25, -0.2) is 4.98 Å². The summed E-state index contributed by atoms with van der Waals surface area (Å²) in [5.74, 6) is 0.280. The van der Waals surface area contributed by atoms with Gasteiger partial charge in [-0.15, -0.1) is 11.3 Å². The molecule has 1 aromatic carbocycles. The first-order chi connectivity index (χ1) is 17.1. The fourth-order valence-electron chi connectivity index (χ4n) is 4.27. The Labute approximate surface area is 209 Å². The molecule has 0 aliphatic carbocycles. The van der Waals surface area contributed by atoms with E-state index in [0.29, 0.717) is 30.3 Å². The zero-order chi connectivity index (χ0) is 24.2. The lowest BCUT2D eigenvalue weighted by Gasteiger charge is -2.11. The van der Waals surface area contributed by atoms with E-state index in [1.54, 1.807) is 18.4 Å². The largest absolute Gasteiger partial charge is 0.468 e. The first kappa shape index (κ1) is 23.5. The first-order valence-corrected chi connectivity index (χ1v) is 13.0. The molecule has 0 amide bonds. The zero-order valence-electron chi connectivity index (χ0n) is 20.2. The summed E-state index contributed by atoms with van der Waals surface area (Å²) in [5, 5.41) is 3.22. The standard InChI is InChI=1S/C25H31N7O2S/c1-3-4-13-34-24-29-21(26)20-22(30-24)32(25(28-20)33-2)14-17-7-9-18(10-8-17)23-27-19(16-35-23)15-31-11-5-6-12-31/h7-10,16H,3-6,11-15H2,1-2H3,(H2,26,29,30). The molecule has 1 aliphatic heterocycles. The quantitative estimate of drug-likeness (QED) is 0.325. The van der Waals surface area contributed by atoms with Gasteiger partial charge in [0, 0.05) is 17.5 Å². The number of benzene rings is 1. The van der Waals surface area contributed by atoms with Crippen LogP contribution in [0.2, 0.25) is 0 Å². The van der Waals surface area contributed by atoms with Crippen molar-refractivity contribution in [2.45, 2.75) is 45.7 Å². The van der Waals surface area contributed by atoms with Crippen LogP contribution in [0.3, 0.4) is 0 Å². The van der Waals surface area contributed by atoms with Crippen molar-refractivity contribution in [3.05, 3.63) is 40.9 Å². The van der Waals surface area contributed by atoms with Crippen LogP contribution >= 0.6 is 11.3 Å². The Morgan fingerprint density at radius 1 is 1.03 bits per heavy atom. The predicted octanol–water partition coefficient (Wildman–Crippen LogP) is 4.36. The monoisotopic (exact) mass is 493 g/mol. The topological polar surface area (TPSA) is 104 Å². The number of aromatic nitrogens is 5. The van der Waals surface area contributed by atoms with Crippen molar-refractivity contribution in [1.29, 1.82) is 0 Å². The summed E-state index contributed by atoms with van der Waals surface area (Å²) in [6.07, 6.45) is 4.54. The molecule has 35 heavy (non-hydrogen) atoms. The highest BCUT2D eigenvalue weighted by atomic mass is 32.1. The number of likely N-dealkylation sites (tertiary alicyclic amines) is 1. The third-order valence-electron chi connectivity index (χ3n) is 6.16. The molecule has 0 unspecified atom stereocenters. The summed E-state index contributed by atoms with van der Waals surface area (Å²) in [4.78, 5) is 20.7. The Morgan fingerprint density at radius 2 is 1.83 bits per heavy atom. The number of methoxy groups -OCH3 is 1. The molecule has 5 rings (SSSR count). The first-order valence-electron chi connectivity index (χ1n) is 12.1. The number of anilines is 1. The van der Waals surface area contributed by atoms with Crippen molar-refractivity contribution in [1.82, 2.24) is 29.4 Å². The molecule has 0 saturated carbocycles. The van der Waals surface area contributed by atoms with E-state index in [1.807, 2.05) is 4.57 Å². The minimum absolute atomic E-state index is 0.260. The van der Waals surface area contributed by atoms with Crippen molar-refractivity contribution in [2.24, 2.45) is 0 Å². The van der Waals surface area contributed by atoms with Gasteiger partial charge in [-0.05, 0) is 37.9 Å². The van der Waals surface area contributed by atoms with Gasteiger partial charge < -0.3 is 15.2 Å². The zero-order valence-corrected chi connectivity index (χ0v) is 21.1. The number of ether oxygens (including phenoxy) is 2. The van der Waals surface area contributed by atoms with Crippen molar-refractivity contribution in [3.8, 4) is 22.6 Å². The Kier molecular flexibility index (Phi) is 7.10. The smallest absolute Gasteiger partial charge is 0.320 e. The molecule has 0 atom stereocenters. The van der Waals surface area contributed by atoms with Gasteiger partial charge in [0.1, 0.15) is 5.01 Å². The van der Waals surface area contributed by atoms with Crippen molar-refractivity contribution >= 4 is 28.3 Å². The maximum Gasteiger partial charge on any atom is 0.320 e. The SMILES string of the molecule is CCCCOc1nc(N)c2nc(OC)n(Cc3ccc(-c4nc(CN5CCCC5)cs4)cc3)c2n1. The van der Waals surface area contributed by atoms with Gasteiger partial charge >= 0.3 is 6.01 Å². The number of unbranched alkanes of at least 4 members (excludes halogenated alkanes) is 1. The maximum atomic E-state index is 6.16. The Bertz CT molecular complexity index is 1280. The summed E-state index contributed by atoms with van der Waals surface area (Å²) in [7, 11) is 1.59. The van der Waals surface area contributed by atoms with Crippen molar-refractivity contribution in [3.63, 3.8) is 0 Å². The number of imidazole rings is 1. The summed E-state index contributed by atoms with van der Waals surface area (Å²) < 4.78 is 13.1. The van der Waals surface area contributed by atoms with Crippen LogP contribution in [0.25, 0.3) is 21.7 Å². The average molecular weight is 494 g/mol. The highest BCUT2D eigenvalue weighted by Gasteiger charge is 2.19. The molecular formula is C25H31N7O2S. The van der Waals surface area contributed by atoms with E-state index in [0.717, 1.165) is 41.2 Å². The lowest BCUT2D eigenvalue weighted by Crippen LogP contribution is -2.18. The fraction of sp³-hybridized carbons (Fsp3) is 0.440. The highest BCUT2D eigenvalue weighted by Crippen LogP contribution is 2.28. The van der Waals surface area contributed by atoms with Crippen molar-refractivity contribution < 1.29 is 9.47 Å². The third-order valence-corrected chi connectivity index (χ3v) is 7.10. The van der Waals surface area contributed by atoms with E-state index < -0.39 is 0 Å². The van der Waals surface area contributed by atoms with Gasteiger partial charge in [0.15, 0.2) is 17.0 Å². The van der Waals surface area contributed by atoms with Crippen molar-refractivity contribution in [2.75, 3.05) is 32.5 Å². The molecule has 4 heterocycles. The number of hydrogen-bond donors (Lipinski definition) is 1. The summed E-state index contributed by atoms with van der Waals surface area (Å²) in [6, 6.07) is 9.12. The average Bonchev–Trinajstić information content (AvgIpc) is 3.62. The van der Waals surface area contributed by atoms with E-state index >= 15 is 0 Å². The third kappa shape index (κ3) is 5.23. The molecule has 10 heteroatoms. The molecule has 0 radical (unpaired) electrons. The molecule has 184 valence electrons. The van der Waals surface area contributed by atoms with E-state index in [1.165, 1.54) is 25.9 Å². The molecule has 1 saturated heterocycles. The van der Waals surface area contributed by atoms with Crippen LogP contribution in [-0.2, 0) is 13.1 Å². The lowest BCUT2D eigenvalue weighted by atomic mass is 10.1. The van der Waals surface area contributed by atoms with Gasteiger partial charge in [0.2, 0.25) is 0 Å². The molecule has 3 aromatic heterocycles. The fourth-order valence-corrected chi connectivity index (χ4v) is 5.09. The van der Waals surface area contributed by atoms with E-state index in [4.69, 9.17) is 20.2 Å². The van der Waals surface area contributed by atoms with Gasteiger partial charge in [0.05, 0.1) is 26.0 Å². The number of hydrogen-bond acceptors (Lipinski definition) is 9. The Hall–Kier alpha value is -3.24. The van der Waals surface area contributed by atoms with Crippen LogP contribution in [0.4, 0.5) is 5.82 Å². The van der Waals surface area contributed by atoms with E-state index in [-0.39, 0.29) is 11.8 Å². The van der Waals surface area contributed by atoms with Gasteiger partial charge in [-0.1, -0.05) is 37.6 Å². The van der Waals surface area contributed by atoms with Gasteiger partial charge in [0.25, 0.3) is 6.01 Å². The molecule has 0 spiro atoms. The van der Waals surface area contributed by atoms with Gasteiger partial charge in [-0.2, -0.15) is 15.0 Å². The minimum Gasteiger partial charge on any atom is -0.468 e. The van der Waals surface area contributed by atoms with Crippen LogP contribution in [0.5, 0.6) is 12.0 Å². The molecule has 0 bridgehead atoms. The van der Waals surface area contributed by atoms with Crippen LogP contribution in [0.1, 0.15) is 43.9 Å². The Balaban J connectivity index is 1.35. The molecular weight excluding hydrogens is 462 g/mol. The molecule has 1 aliphatic rings. The molecule has 1 fully saturated rings. The maximum absolute atomic E-state index is 6.16. The lowest BCUT2D eigenvalue weighted by molar-refractivity contribution is 0.286. The van der Waals surface area contributed by atoms with Gasteiger partial charge in [-0.3, -0.25) is 9.47 Å².